The number of benzene rings is 3. The lowest BCUT2D eigenvalue weighted by atomic mass is 10.2. The maximum absolute atomic E-state index is 12.7. The molecule has 31 heavy (non-hydrogen) atoms. The average molecular weight is 425 g/mol. The molecule has 0 aromatic heterocycles. The van der Waals surface area contributed by atoms with E-state index in [0.29, 0.717) is 17.1 Å². The standard InChI is InChI=1S/C22H23N3O6/c1-17(2)16-29-24(27)22-15-18(23(26)30-19-9-5-3-6-10-19)13-14-21(22)25(28)31-20-11-7-4-8-12-20/h3-15,23-25H,1,16H2,2H3. The quantitative estimate of drug-likeness (QED) is 0.333. The van der Waals surface area contributed by atoms with Crippen LogP contribution >= 0.6 is 0 Å². The van der Waals surface area contributed by atoms with E-state index < -0.39 is 15.7 Å². The van der Waals surface area contributed by atoms with E-state index in [-0.39, 0.29) is 23.7 Å². The van der Waals surface area contributed by atoms with E-state index in [1.807, 2.05) is 0 Å². The van der Waals surface area contributed by atoms with Crippen LogP contribution in [-0.4, -0.2) is 6.61 Å². The molecule has 3 atom stereocenters. The van der Waals surface area contributed by atoms with Crippen molar-refractivity contribution in [2.24, 2.45) is 0 Å². The van der Waals surface area contributed by atoms with Crippen molar-refractivity contribution in [3.8, 4) is 11.5 Å². The van der Waals surface area contributed by atoms with Gasteiger partial charge in [-0.3, -0.25) is 0 Å². The van der Waals surface area contributed by atoms with E-state index >= 15 is 0 Å². The molecular formula is C22H23N3O6. The van der Waals surface area contributed by atoms with Gasteiger partial charge in [0, 0.05) is 12.1 Å². The zero-order chi connectivity index (χ0) is 22.2. The Bertz CT molecular complexity index is 987. The molecule has 0 radical (unpaired) electrons. The lowest BCUT2D eigenvalue weighted by molar-refractivity contribution is -1.01. The molecule has 3 rings (SSSR count). The summed E-state index contributed by atoms with van der Waals surface area (Å²) in [7, 11) is 0. The fraction of sp³-hybridized carbons (Fsp3) is 0.0909. The molecular weight excluding hydrogens is 402 g/mol. The highest BCUT2D eigenvalue weighted by atomic mass is 16.9. The molecule has 0 fully saturated rings. The molecule has 3 N–H and O–H groups in total. The smallest absolute Gasteiger partial charge is 0.238 e. The van der Waals surface area contributed by atoms with Crippen LogP contribution < -0.4 is 25.4 Å². The monoisotopic (exact) mass is 425 g/mol. The minimum Gasteiger partial charge on any atom is -0.594 e. The molecule has 0 heterocycles. The van der Waals surface area contributed by atoms with Gasteiger partial charge in [-0.2, -0.15) is 10.1 Å². The Morgan fingerprint density at radius 1 is 0.742 bits per heavy atom. The van der Waals surface area contributed by atoms with E-state index in [4.69, 9.17) is 14.5 Å². The first kappa shape index (κ1) is 22.4. The molecule has 3 unspecified atom stereocenters. The van der Waals surface area contributed by atoms with Crippen LogP contribution in [-0.2, 0) is 4.84 Å². The lowest BCUT2D eigenvalue weighted by Gasteiger charge is -2.27. The van der Waals surface area contributed by atoms with Gasteiger partial charge in [0.15, 0.2) is 17.2 Å². The summed E-state index contributed by atoms with van der Waals surface area (Å²) in [6.07, 6.45) is 0. The van der Waals surface area contributed by atoms with Gasteiger partial charge in [-0.05, 0) is 36.8 Å². The Balaban J connectivity index is 1.87. The summed E-state index contributed by atoms with van der Waals surface area (Å²) in [6, 6.07) is 20.9. The van der Waals surface area contributed by atoms with Gasteiger partial charge in [-0.15, -0.1) is 10.5 Å². The van der Waals surface area contributed by atoms with Gasteiger partial charge in [0.1, 0.15) is 6.61 Å². The highest BCUT2D eigenvalue weighted by Gasteiger charge is 2.23. The van der Waals surface area contributed by atoms with Crippen LogP contribution in [0.5, 0.6) is 11.5 Å². The molecule has 0 aliphatic carbocycles. The number of para-hydroxylation sites is 2. The van der Waals surface area contributed by atoms with Gasteiger partial charge < -0.3 is 25.3 Å². The Hall–Kier alpha value is -3.28. The SMILES string of the molecule is C=C(C)CO[NH+]([O-])c1cc([NH+]([O-])Oc2ccccc2)ccc1[NH+]([O-])Oc1ccccc1. The zero-order valence-electron chi connectivity index (χ0n) is 16.9. The molecule has 0 aliphatic rings. The molecule has 0 spiro atoms. The number of hydrogen-bond donors (Lipinski definition) is 3. The maximum Gasteiger partial charge on any atom is 0.238 e. The lowest BCUT2D eigenvalue weighted by Crippen LogP contribution is -3.08. The second-order valence-corrected chi connectivity index (χ2v) is 6.70. The minimum atomic E-state index is -0.780. The Morgan fingerprint density at radius 2 is 1.29 bits per heavy atom. The van der Waals surface area contributed by atoms with Crippen LogP contribution in [0.3, 0.4) is 0 Å². The van der Waals surface area contributed by atoms with Crippen LogP contribution in [0, 0.1) is 15.6 Å². The molecule has 9 heteroatoms. The normalized spacial score (nSPS) is 13.8. The third-order valence-electron chi connectivity index (χ3n) is 4.05. The van der Waals surface area contributed by atoms with Crippen LogP contribution in [0.15, 0.2) is 91.0 Å². The van der Waals surface area contributed by atoms with Crippen molar-refractivity contribution in [1.29, 1.82) is 0 Å². The van der Waals surface area contributed by atoms with E-state index in [9.17, 15) is 15.6 Å². The third kappa shape index (κ3) is 6.35. The van der Waals surface area contributed by atoms with E-state index in [2.05, 4.69) is 6.58 Å². The van der Waals surface area contributed by atoms with Crippen molar-refractivity contribution in [1.82, 2.24) is 0 Å². The summed E-state index contributed by atoms with van der Waals surface area (Å²) >= 11 is 0. The van der Waals surface area contributed by atoms with Crippen LogP contribution in [0.4, 0.5) is 17.1 Å². The van der Waals surface area contributed by atoms with Gasteiger partial charge in [-0.1, -0.05) is 43.0 Å². The van der Waals surface area contributed by atoms with Gasteiger partial charge in [0.2, 0.25) is 11.4 Å². The third-order valence-corrected chi connectivity index (χ3v) is 4.05. The first-order valence-electron chi connectivity index (χ1n) is 9.44. The van der Waals surface area contributed by atoms with Gasteiger partial charge in [0.05, 0.1) is 6.07 Å². The topological polar surface area (TPSA) is 110 Å². The molecule has 0 aliphatic heterocycles. The van der Waals surface area contributed by atoms with Crippen molar-refractivity contribution in [2.75, 3.05) is 6.61 Å². The van der Waals surface area contributed by atoms with Gasteiger partial charge >= 0.3 is 0 Å². The Labute approximate surface area is 179 Å². The Morgan fingerprint density at radius 3 is 1.84 bits per heavy atom. The second kappa shape index (κ2) is 10.7. The summed E-state index contributed by atoms with van der Waals surface area (Å²) in [6.45, 7) is 5.36. The summed E-state index contributed by atoms with van der Waals surface area (Å²) in [5, 5.41) is 35.6. The Kier molecular flexibility index (Phi) is 7.70. The zero-order valence-corrected chi connectivity index (χ0v) is 16.9. The molecule has 0 bridgehead atoms. The molecule has 9 nitrogen and oxygen atoms in total. The van der Waals surface area contributed by atoms with Crippen molar-refractivity contribution in [3.63, 3.8) is 0 Å². The summed E-state index contributed by atoms with van der Waals surface area (Å²) in [5.41, 5.74) is 0.570. The van der Waals surface area contributed by atoms with Crippen LogP contribution in [0.25, 0.3) is 0 Å². The number of rotatable bonds is 10. The highest BCUT2D eigenvalue weighted by Crippen LogP contribution is 2.19. The van der Waals surface area contributed by atoms with Crippen LogP contribution in [0.2, 0.25) is 0 Å². The minimum absolute atomic E-state index is 0.0231. The molecule has 0 saturated carbocycles. The largest absolute Gasteiger partial charge is 0.594 e. The highest BCUT2D eigenvalue weighted by molar-refractivity contribution is 5.57. The summed E-state index contributed by atoms with van der Waals surface area (Å²) in [4.78, 5) is 15.8. The number of quaternary nitrogens is 3. The molecule has 0 amide bonds. The average Bonchev–Trinajstić information content (AvgIpc) is 2.78. The maximum atomic E-state index is 12.7. The second-order valence-electron chi connectivity index (χ2n) is 6.70. The molecule has 162 valence electrons. The van der Waals surface area contributed by atoms with E-state index in [1.54, 1.807) is 67.6 Å². The van der Waals surface area contributed by atoms with Crippen LogP contribution in [0.1, 0.15) is 6.92 Å². The van der Waals surface area contributed by atoms with E-state index in [0.717, 1.165) is 0 Å². The van der Waals surface area contributed by atoms with Crippen molar-refractivity contribution < 1.29 is 30.2 Å². The summed E-state index contributed by atoms with van der Waals surface area (Å²) in [5.74, 6) is 0.674. The van der Waals surface area contributed by atoms with E-state index in [1.165, 1.54) is 18.2 Å². The van der Waals surface area contributed by atoms with Crippen molar-refractivity contribution in [2.45, 2.75) is 6.92 Å². The molecule has 3 aromatic rings. The first-order chi connectivity index (χ1) is 14.9. The van der Waals surface area contributed by atoms with Gasteiger partial charge in [0.25, 0.3) is 0 Å². The molecule has 3 aromatic carbocycles. The predicted molar refractivity (Wildman–Crippen MR) is 113 cm³/mol. The van der Waals surface area contributed by atoms with Gasteiger partial charge in [-0.25, -0.2) is 0 Å². The number of nitrogens with one attached hydrogen (secondary N) is 3. The predicted octanol–water partition coefficient (Wildman–Crippen LogP) is 1.22. The first-order valence-corrected chi connectivity index (χ1v) is 9.44. The van der Waals surface area contributed by atoms with Crippen molar-refractivity contribution >= 4 is 17.1 Å². The van der Waals surface area contributed by atoms with Crippen molar-refractivity contribution in [3.05, 3.63) is 107 Å². The molecule has 0 saturated heterocycles. The fourth-order valence-corrected chi connectivity index (χ4v) is 2.59. The summed E-state index contributed by atoms with van der Waals surface area (Å²) < 4.78 is 0. The fourth-order valence-electron chi connectivity index (χ4n) is 2.59. The number of hydrogen-bond acceptors (Lipinski definition) is 6.